The van der Waals surface area contributed by atoms with E-state index in [1.54, 1.807) is 12.1 Å². The Bertz CT molecular complexity index is 987. The molecule has 136 valence electrons. The topological polar surface area (TPSA) is 76.3 Å². The van der Waals surface area contributed by atoms with Crippen molar-refractivity contribution in [2.75, 3.05) is 7.05 Å². The molecule has 0 radical (unpaired) electrons. The van der Waals surface area contributed by atoms with Crippen LogP contribution in [-0.4, -0.2) is 30.0 Å². The molecule has 2 aromatic carbocycles. The van der Waals surface area contributed by atoms with Gasteiger partial charge in [-0.1, -0.05) is 18.2 Å². The maximum atomic E-state index is 13.2. The van der Waals surface area contributed by atoms with Gasteiger partial charge in [0.05, 0.1) is 12.3 Å². The van der Waals surface area contributed by atoms with E-state index in [9.17, 15) is 17.2 Å². The zero-order valence-electron chi connectivity index (χ0n) is 13.8. The second kappa shape index (κ2) is 7.30. The summed E-state index contributed by atoms with van der Waals surface area (Å²) in [6.07, 6.45) is 0. The van der Waals surface area contributed by atoms with Crippen LogP contribution in [0.3, 0.4) is 0 Å². The predicted molar refractivity (Wildman–Crippen MR) is 90.2 cm³/mol. The molecule has 0 aliphatic carbocycles. The van der Waals surface area contributed by atoms with E-state index >= 15 is 0 Å². The minimum atomic E-state index is -3.83. The summed E-state index contributed by atoms with van der Waals surface area (Å²) < 4.78 is 57.7. The minimum Gasteiger partial charge on any atom is -0.419 e. The summed E-state index contributed by atoms with van der Waals surface area (Å²) in [4.78, 5) is 0. The van der Waals surface area contributed by atoms with Crippen molar-refractivity contribution in [2.45, 2.75) is 12.3 Å². The van der Waals surface area contributed by atoms with Gasteiger partial charge in [0.2, 0.25) is 21.8 Å². The molecular weight excluding hydrogens is 364 g/mol. The van der Waals surface area contributed by atoms with Crippen molar-refractivity contribution in [3.63, 3.8) is 0 Å². The molecule has 26 heavy (non-hydrogen) atoms. The van der Waals surface area contributed by atoms with Crippen molar-refractivity contribution in [1.29, 1.82) is 0 Å². The zero-order valence-corrected chi connectivity index (χ0v) is 14.6. The monoisotopic (exact) mass is 379 g/mol. The van der Waals surface area contributed by atoms with Gasteiger partial charge < -0.3 is 4.42 Å². The Morgan fingerprint density at radius 3 is 2.35 bits per heavy atom. The Hall–Kier alpha value is -2.65. The van der Waals surface area contributed by atoms with Gasteiger partial charge in [-0.25, -0.2) is 17.2 Å². The van der Waals surface area contributed by atoms with E-state index in [0.717, 1.165) is 16.4 Å². The first-order valence-corrected chi connectivity index (χ1v) is 9.21. The summed E-state index contributed by atoms with van der Waals surface area (Å²) in [6, 6.07) is 11.7. The fourth-order valence-corrected chi connectivity index (χ4v) is 3.43. The third-order valence-electron chi connectivity index (χ3n) is 3.59. The molecule has 0 saturated carbocycles. The summed E-state index contributed by atoms with van der Waals surface area (Å²) in [5.41, 5.74) is 0.733. The van der Waals surface area contributed by atoms with Gasteiger partial charge in [0, 0.05) is 18.7 Å². The van der Waals surface area contributed by atoms with Crippen LogP contribution in [0.1, 0.15) is 11.5 Å². The van der Waals surface area contributed by atoms with Gasteiger partial charge in [-0.2, -0.15) is 4.31 Å². The third-order valence-corrected chi connectivity index (χ3v) is 5.37. The average Bonchev–Trinajstić information content (AvgIpc) is 3.02. The smallest absolute Gasteiger partial charge is 0.247 e. The van der Waals surface area contributed by atoms with Crippen LogP contribution in [0, 0.1) is 11.6 Å². The van der Waals surface area contributed by atoms with E-state index < -0.39 is 27.4 Å². The van der Waals surface area contributed by atoms with Gasteiger partial charge in [-0.05, 0) is 29.8 Å². The van der Waals surface area contributed by atoms with Gasteiger partial charge in [-0.15, -0.1) is 10.2 Å². The van der Waals surface area contributed by atoms with Crippen molar-refractivity contribution < 1.29 is 21.6 Å². The zero-order chi connectivity index (χ0) is 18.7. The lowest BCUT2D eigenvalue weighted by molar-refractivity contribution is 0.399. The Kier molecular flexibility index (Phi) is 5.10. The summed E-state index contributed by atoms with van der Waals surface area (Å²) in [6.45, 7) is -0.153. The Morgan fingerprint density at radius 2 is 1.69 bits per heavy atom. The van der Waals surface area contributed by atoms with E-state index in [2.05, 4.69) is 10.2 Å². The van der Waals surface area contributed by atoms with Crippen LogP contribution in [0.5, 0.6) is 0 Å². The standard InChI is InChI=1S/C17H15F2N3O3S/c1-22(26(23,24)11-12-7-14(18)9-15(19)8-12)10-16-20-21-17(25-16)13-5-3-2-4-6-13/h2-9H,10-11H2,1H3. The van der Waals surface area contributed by atoms with Crippen LogP contribution in [-0.2, 0) is 22.3 Å². The van der Waals surface area contributed by atoms with Crippen molar-refractivity contribution in [2.24, 2.45) is 0 Å². The van der Waals surface area contributed by atoms with Crippen LogP contribution in [0.4, 0.5) is 8.78 Å². The van der Waals surface area contributed by atoms with E-state index in [-0.39, 0.29) is 23.9 Å². The molecule has 0 atom stereocenters. The highest BCUT2D eigenvalue weighted by Gasteiger charge is 2.22. The molecule has 3 aromatic rings. The molecule has 0 aliphatic heterocycles. The van der Waals surface area contributed by atoms with Gasteiger partial charge in [0.1, 0.15) is 11.6 Å². The average molecular weight is 379 g/mol. The largest absolute Gasteiger partial charge is 0.419 e. The number of aromatic nitrogens is 2. The van der Waals surface area contributed by atoms with E-state index in [1.165, 1.54) is 7.05 Å². The Balaban J connectivity index is 1.72. The van der Waals surface area contributed by atoms with Gasteiger partial charge in [-0.3, -0.25) is 0 Å². The molecule has 0 saturated heterocycles. The lowest BCUT2D eigenvalue weighted by atomic mass is 10.2. The summed E-state index contributed by atoms with van der Waals surface area (Å²) in [5, 5.41) is 7.73. The van der Waals surface area contributed by atoms with Crippen LogP contribution in [0.15, 0.2) is 52.9 Å². The first-order valence-electron chi connectivity index (χ1n) is 7.60. The number of benzene rings is 2. The van der Waals surface area contributed by atoms with Gasteiger partial charge in [0.25, 0.3) is 0 Å². The van der Waals surface area contributed by atoms with Crippen molar-refractivity contribution >= 4 is 10.0 Å². The molecule has 0 bridgehead atoms. The van der Waals surface area contributed by atoms with E-state index in [1.807, 2.05) is 18.2 Å². The molecule has 1 aromatic heterocycles. The number of sulfonamides is 1. The number of nitrogens with zero attached hydrogens (tertiary/aromatic N) is 3. The molecule has 0 unspecified atom stereocenters. The maximum Gasteiger partial charge on any atom is 0.247 e. The summed E-state index contributed by atoms with van der Waals surface area (Å²) in [7, 11) is -2.50. The molecule has 1 heterocycles. The normalized spacial score (nSPS) is 11.8. The molecule has 0 fully saturated rings. The SMILES string of the molecule is CN(Cc1nnc(-c2ccccc2)o1)S(=O)(=O)Cc1cc(F)cc(F)c1. The molecule has 0 N–H and O–H groups in total. The van der Waals surface area contributed by atoms with Crippen LogP contribution in [0.2, 0.25) is 0 Å². The fourth-order valence-electron chi connectivity index (χ4n) is 2.32. The molecule has 0 amide bonds. The van der Waals surface area contributed by atoms with Crippen LogP contribution in [0.25, 0.3) is 11.5 Å². The molecule has 3 rings (SSSR count). The fraction of sp³-hybridized carbons (Fsp3) is 0.176. The van der Waals surface area contributed by atoms with E-state index in [0.29, 0.717) is 11.6 Å². The quantitative estimate of drug-likeness (QED) is 0.658. The van der Waals surface area contributed by atoms with Crippen molar-refractivity contribution in [1.82, 2.24) is 14.5 Å². The first kappa shape index (κ1) is 18.2. The van der Waals surface area contributed by atoms with Gasteiger partial charge in [0.15, 0.2) is 0 Å². The molecule has 0 aliphatic rings. The predicted octanol–water partition coefficient (Wildman–Crippen LogP) is 2.98. The lowest BCUT2D eigenvalue weighted by Gasteiger charge is -2.15. The molecule has 9 heteroatoms. The first-order chi connectivity index (χ1) is 12.3. The van der Waals surface area contributed by atoms with Crippen LogP contribution < -0.4 is 0 Å². The van der Waals surface area contributed by atoms with Crippen molar-refractivity contribution in [3.8, 4) is 11.5 Å². The van der Waals surface area contributed by atoms with Gasteiger partial charge >= 0.3 is 0 Å². The van der Waals surface area contributed by atoms with Crippen molar-refractivity contribution in [3.05, 3.63) is 71.6 Å². The van der Waals surface area contributed by atoms with Crippen LogP contribution >= 0.6 is 0 Å². The number of halogens is 2. The number of hydrogen-bond donors (Lipinski definition) is 0. The molecule has 0 spiro atoms. The Labute approximate surface area is 149 Å². The summed E-state index contributed by atoms with van der Waals surface area (Å²) >= 11 is 0. The second-order valence-electron chi connectivity index (χ2n) is 5.66. The minimum absolute atomic E-state index is 0.0184. The highest BCUT2D eigenvalue weighted by Crippen LogP contribution is 2.19. The highest BCUT2D eigenvalue weighted by molar-refractivity contribution is 7.88. The van der Waals surface area contributed by atoms with E-state index in [4.69, 9.17) is 4.42 Å². The molecular formula is C17H15F2N3O3S. The second-order valence-corrected chi connectivity index (χ2v) is 7.73. The Morgan fingerprint density at radius 1 is 1.04 bits per heavy atom. The summed E-state index contributed by atoms with van der Waals surface area (Å²) in [5.74, 6) is -1.82. The highest BCUT2D eigenvalue weighted by atomic mass is 32.2. The number of rotatable bonds is 6. The lowest BCUT2D eigenvalue weighted by Crippen LogP contribution is -2.28. The maximum absolute atomic E-state index is 13.2. The number of hydrogen-bond acceptors (Lipinski definition) is 5. The molecule has 6 nitrogen and oxygen atoms in total. The third kappa shape index (κ3) is 4.30.